The molecule has 0 radical (unpaired) electrons. The standard InChI is InChI=1S/C19H26FN3O2/c1-13-8-9-14(12-15(13)20)18-21-17(25-22-18)7-5-11-23-10-4-6-16(23)19(2,3)24/h8-9,12,16,24H,4-7,10-11H2,1-3H3. The van der Waals surface area contributed by atoms with Crippen LogP contribution >= 0.6 is 0 Å². The summed E-state index contributed by atoms with van der Waals surface area (Å²) in [7, 11) is 0. The zero-order valence-corrected chi connectivity index (χ0v) is 15.1. The van der Waals surface area contributed by atoms with E-state index in [2.05, 4.69) is 15.0 Å². The van der Waals surface area contributed by atoms with Crippen molar-refractivity contribution in [2.75, 3.05) is 13.1 Å². The Bertz CT molecular complexity index is 724. The van der Waals surface area contributed by atoms with E-state index in [4.69, 9.17) is 4.52 Å². The van der Waals surface area contributed by atoms with Gasteiger partial charge in [-0.15, -0.1) is 0 Å². The zero-order valence-electron chi connectivity index (χ0n) is 15.1. The summed E-state index contributed by atoms with van der Waals surface area (Å²) in [5.74, 6) is 0.718. The number of halogens is 1. The van der Waals surface area contributed by atoms with E-state index < -0.39 is 5.60 Å². The molecule has 2 aromatic rings. The van der Waals surface area contributed by atoms with Gasteiger partial charge in [-0.2, -0.15) is 4.98 Å². The smallest absolute Gasteiger partial charge is 0.227 e. The van der Waals surface area contributed by atoms with Gasteiger partial charge in [0.2, 0.25) is 11.7 Å². The highest BCUT2D eigenvalue weighted by Crippen LogP contribution is 2.27. The molecule has 6 heteroatoms. The van der Waals surface area contributed by atoms with E-state index in [1.807, 2.05) is 13.8 Å². The van der Waals surface area contributed by atoms with Crippen molar-refractivity contribution < 1.29 is 14.0 Å². The minimum absolute atomic E-state index is 0.210. The molecule has 1 aliphatic heterocycles. The molecule has 0 aliphatic carbocycles. The fourth-order valence-electron chi connectivity index (χ4n) is 3.53. The second-order valence-corrected chi connectivity index (χ2v) is 7.43. The molecular weight excluding hydrogens is 321 g/mol. The van der Waals surface area contributed by atoms with Crippen molar-refractivity contribution >= 4 is 0 Å². The molecule has 0 spiro atoms. The third-order valence-electron chi connectivity index (χ3n) is 4.91. The van der Waals surface area contributed by atoms with Gasteiger partial charge in [0.15, 0.2) is 0 Å². The fourth-order valence-corrected chi connectivity index (χ4v) is 3.53. The Morgan fingerprint density at radius 3 is 2.92 bits per heavy atom. The molecular formula is C19H26FN3O2. The number of benzene rings is 1. The van der Waals surface area contributed by atoms with E-state index in [-0.39, 0.29) is 11.9 Å². The Kier molecular flexibility index (Phi) is 5.20. The Labute approximate surface area is 147 Å². The van der Waals surface area contributed by atoms with E-state index in [1.165, 1.54) is 6.07 Å². The van der Waals surface area contributed by atoms with Crippen molar-refractivity contribution in [1.29, 1.82) is 0 Å². The third-order valence-corrected chi connectivity index (χ3v) is 4.91. The summed E-state index contributed by atoms with van der Waals surface area (Å²) in [6.45, 7) is 7.39. The maximum Gasteiger partial charge on any atom is 0.227 e. The maximum atomic E-state index is 13.7. The molecule has 2 heterocycles. The number of aromatic nitrogens is 2. The first-order valence-electron chi connectivity index (χ1n) is 8.90. The number of likely N-dealkylation sites (tertiary alicyclic amines) is 1. The molecule has 1 fully saturated rings. The number of nitrogens with zero attached hydrogens (tertiary/aromatic N) is 3. The Morgan fingerprint density at radius 1 is 1.40 bits per heavy atom. The Hall–Kier alpha value is -1.79. The van der Waals surface area contributed by atoms with Crippen molar-refractivity contribution in [1.82, 2.24) is 15.0 Å². The quantitative estimate of drug-likeness (QED) is 0.868. The largest absolute Gasteiger partial charge is 0.389 e. The minimum Gasteiger partial charge on any atom is -0.389 e. The zero-order chi connectivity index (χ0) is 18.0. The summed E-state index contributed by atoms with van der Waals surface area (Å²) >= 11 is 0. The van der Waals surface area contributed by atoms with Crippen molar-refractivity contribution in [2.24, 2.45) is 0 Å². The normalized spacial score (nSPS) is 18.8. The summed E-state index contributed by atoms with van der Waals surface area (Å²) in [6, 6.07) is 5.15. The molecule has 1 aliphatic rings. The van der Waals surface area contributed by atoms with Crippen LogP contribution in [0, 0.1) is 12.7 Å². The highest BCUT2D eigenvalue weighted by Gasteiger charge is 2.35. The molecule has 0 amide bonds. The Balaban J connectivity index is 1.56. The van der Waals surface area contributed by atoms with Crippen LogP contribution in [-0.4, -0.2) is 44.9 Å². The molecule has 0 saturated carbocycles. The van der Waals surface area contributed by atoms with Gasteiger partial charge in [0.05, 0.1) is 5.60 Å². The first-order chi connectivity index (χ1) is 11.8. The predicted molar refractivity (Wildman–Crippen MR) is 93.6 cm³/mol. The summed E-state index contributed by atoms with van der Waals surface area (Å²) < 4.78 is 19.0. The average molecular weight is 347 g/mol. The van der Waals surface area contributed by atoms with Crippen LogP contribution in [0.15, 0.2) is 22.7 Å². The van der Waals surface area contributed by atoms with Gasteiger partial charge < -0.3 is 9.63 Å². The number of rotatable bonds is 6. The summed E-state index contributed by atoms with van der Waals surface area (Å²) in [4.78, 5) is 6.71. The van der Waals surface area contributed by atoms with Gasteiger partial charge in [-0.25, -0.2) is 4.39 Å². The van der Waals surface area contributed by atoms with Gasteiger partial charge in [0.1, 0.15) is 5.82 Å². The monoisotopic (exact) mass is 347 g/mol. The van der Waals surface area contributed by atoms with Crippen LogP contribution in [0.4, 0.5) is 4.39 Å². The van der Waals surface area contributed by atoms with Crippen LogP contribution in [0.5, 0.6) is 0 Å². The molecule has 1 N–H and O–H groups in total. The van der Waals surface area contributed by atoms with Gasteiger partial charge >= 0.3 is 0 Å². The molecule has 1 aromatic heterocycles. The van der Waals surface area contributed by atoms with Crippen molar-refractivity contribution in [3.05, 3.63) is 35.5 Å². The van der Waals surface area contributed by atoms with Crippen LogP contribution in [0.25, 0.3) is 11.4 Å². The molecule has 5 nitrogen and oxygen atoms in total. The highest BCUT2D eigenvalue weighted by molar-refractivity contribution is 5.54. The molecule has 1 unspecified atom stereocenters. The lowest BCUT2D eigenvalue weighted by atomic mass is 9.96. The second-order valence-electron chi connectivity index (χ2n) is 7.43. The van der Waals surface area contributed by atoms with Crippen LogP contribution in [0.2, 0.25) is 0 Å². The lowest BCUT2D eigenvalue weighted by molar-refractivity contribution is -0.00268. The van der Waals surface area contributed by atoms with E-state index in [1.54, 1.807) is 19.1 Å². The SMILES string of the molecule is Cc1ccc(-c2noc(CCCN3CCCC3C(C)(C)O)n2)cc1F. The third kappa shape index (κ3) is 4.25. The van der Waals surface area contributed by atoms with Gasteiger partial charge in [-0.1, -0.05) is 17.3 Å². The van der Waals surface area contributed by atoms with Crippen LogP contribution in [0.1, 0.15) is 44.6 Å². The lowest BCUT2D eigenvalue weighted by Crippen LogP contribution is -2.45. The van der Waals surface area contributed by atoms with Crippen LogP contribution < -0.4 is 0 Å². The van der Waals surface area contributed by atoms with Crippen molar-refractivity contribution in [2.45, 2.75) is 58.1 Å². The molecule has 1 aromatic carbocycles. The van der Waals surface area contributed by atoms with E-state index in [0.29, 0.717) is 29.3 Å². The first-order valence-corrected chi connectivity index (χ1v) is 8.90. The molecule has 136 valence electrons. The fraction of sp³-hybridized carbons (Fsp3) is 0.579. The minimum atomic E-state index is -0.677. The van der Waals surface area contributed by atoms with E-state index in [9.17, 15) is 9.50 Å². The van der Waals surface area contributed by atoms with Crippen LogP contribution in [0.3, 0.4) is 0 Å². The van der Waals surface area contributed by atoms with Crippen molar-refractivity contribution in [3.63, 3.8) is 0 Å². The second kappa shape index (κ2) is 7.22. The number of aryl methyl sites for hydroxylation is 2. The van der Waals surface area contributed by atoms with Gasteiger partial charge in [0, 0.05) is 18.0 Å². The highest BCUT2D eigenvalue weighted by atomic mass is 19.1. The summed E-state index contributed by atoms with van der Waals surface area (Å²) in [5, 5.41) is 14.2. The topological polar surface area (TPSA) is 62.4 Å². The molecule has 1 atom stereocenters. The summed E-state index contributed by atoms with van der Waals surface area (Å²) in [5.41, 5.74) is 0.545. The maximum absolute atomic E-state index is 13.7. The Morgan fingerprint density at radius 2 is 2.20 bits per heavy atom. The van der Waals surface area contributed by atoms with Crippen LogP contribution in [-0.2, 0) is 6.42 Å². The lowest BCUT2D eigenvalue weighted by Gasteiger charge is -2.33. The summed E-state index contributed by atoms with van der Waals surface area (Å²) in [6.07, 6.45) is 3.72. The number of hydrogen-bond acceptors (Lipinski definition) is 5. The number of aliphatic hydroxyl groups is 1. The molecule has 3 rings (SSSR count). The first kappa shape index (κ1) is 18.0. The molecule has 1 saturated heterocycles. The number of hydrogen-bond donors (Lipinski definition) is 1. The molecule has 25 heavy (non-hydrogen) atoms. The molecule has 0 bridgehead atoms. The van der Waals surface area contributed by atoms with Crippen molar-refractivity contribution in [3.8, 4) is 11.4 Å². The average Bonchev–Trinajstić information content (AvgIpc) is 3.19. The van der Waals surface area contributed by atoms with E-state index in [0.717, 1.165) is 32.4 Å². The predicted octanol–water partition coefficient (Wildman–Crippen LogP) is 3.35. The van der Waals surface area contributed by atoms with Gasteiger partial charge in [0.25, 0.3) is 0 Å². The van der Waals surface area contributed by atoms with Gasteiger partial charge in [-0.05, 0) is 64.8 Å². The van der Waals surface area contributed by atoms with Gasteiger partial charge in [-0.3, -0.25) is 4.90 Å². The van der Waals surface area contributed by atoms with E-state index >= 15 is 0 Å².